The summed E-state index contributed by atoms with van der Waals surface area (Å²) in [6, 6.07) is 30.6. The van der Waals surface area contributed by atoms with E-state index in [1.54, 1.807) is 11.8 Å². The predicted molar refractivity (Wildman–Crippen MR) is 126 cm³/mol. The maximum atomic E-state index is 10.7. The Balaban J connectivity index is 0.000000130. The lowest BCUT2D eigenvalue weighted by Crippen LogP contribution is -2.00. The predicted octanol–water partition coefficient (Wildman–Crippen LogP) is 7.60. The van der Waals surface area contributed by atoms with E-state index in [1.165, 1.54) is 26.1 Å². The number of anilines is 4. The second-order valence-corrected chi connectivity index (χ2v) is 8.98. The van der Waals surface area contributed by atoms with Crippen LogP contribution in [0.2, 0.25) is 0 Å². The third-order valence-corrected chi connectivity index (χ3v) is 7.08. The van der Waals surface area contributed by atoms with Gasteiger partial charge in [0.25, 0.3) is 0 Å². The Hall–Kier alpha value is -3.15. The number of hydrogen-bond acceptors (Lipinski definition) is 5. The van der Waals surface area contributed by atoms with Gasteiger partial charge in [0, 0.05) is 25.1 Å². The highest BCUT2D eigenvalue weighted by Gasteiger charge is 2.15. The van der Waals surface area contributed by atoms with Gasteiger partial charge in [0.05, 0.1) is 22.7 Å². The molecule has 146 valence electrons. The molecule has 0 radical (unpaired) electrons. The van der Waals surface area contributed by atoms with Crippen LogP contribution in [0, 0.1) is 0 Å². The zero-order valence-electron chi connectivity index (χ0n) is 16.0. The van der Waals surface area contributed by atoms with Gasteiger partial charge in [0.15, 0.2) is 0 Å². The van der Waals surface area contributed by atoms with Crippen LogP contribution >= 0.6 is 23.5 Å². The van der Waals surface area contributed by atoms with Gasteiger partial charge in [-0.05, 0) is 48.5 Å². The topological polar surface area (TPSA) is 41.1 Å². The first kappa shape index (κ1) is 18.9. The van der Waals surface area contributed by atoms with Crippen LogP contribution in [0.4, 0.5) is 22.7 Å². The summed E-state index contributed by atoms with van der Waals surface area (Å²) in [6.45, 7) is 0. The van der Waals surface area contributed by atoms with E-state index in [2.05, 4.69) is 65.2 Å². The van der Waals surface area contributed by atoms with E-state index in [0.29, 0.717) is 5.56 Å². The average molecular weight is 427 g/mol. The highest BCUT2D eigenvalue weighted by atomic mass is 32.2. The molecule has 0 saturated carbocycles. The Morgan fingerprint density at radius 2 is 0.967 bits per heavy atom. The fraction of sp³-hybridized carbons (Fsp3) is 0. The molecule has 0 saturated heterocycles. The highest BCUT2D eigenvalue weighted by molar-refractivity contribution is 8.00. The number of hydrogen-bond donors (Lipinski definition) is 2. The van der Waals surface area contributed by atoms with Crippen LogP contribution in [0.15, 0.2) is 111 Å². The molecule has 0 fully saturated rings. The van der Waals surface area contributed by atoms with E-state index in [1.807, 2.05) is 48.2 Å². The number of nitrogens with one attached hydrogen (secondary N) is 2. The van der Waals surface area contributed by atoms with Crippen molar-refractivity contribution in [2.75, 3.05) is 10.6 Å². The summed E-state index contributed by atoms with van der Waals surface area (Å²) in [5, 5.41) is 6.76. The molecule has 2 heterocycles. The Morgan fingerprint density at radius 3 is 1.47 bits per heavy atom. The molecule has 30 heavy (non-hydrogen) atoms. The van der Waals surface area contributed by atoms with E-state index in [-0.39, 0.29) is 0 Å². The molecule has 4 aromatic rings. The number of benzene rings is 4. The van der Waals surface area contributed by atoms with E-state index in [4.69, 9.17) is 0 Å². The molecule has 3 nitrogen and oxygen atoms in total. The van der Waals surface area contributed by atoms with Gasteiger partial charge in [-0.25, -0.2) is 0 Å². The van der Waals surface area contributed by atoms with Gasteiger partial charge in [-0.2, -0.15) is 0 Å². The molecular formula is C25H18N2OS2. The minimum Gasteiger partial charge on any atom is -0.354 e. The average Bonchev–Trinajstić information content (AvgIpc) is 2.81. The van der Waals surface area contributed by atoms with Crippen LogP contribution in [0.3, 0.4) is 0 Å². The van der Waals surface area contributed by atoms with Gasteiger partial charge in [-0.15, -0.1) is 0 Å². The maximum absolute atomic E-state index is 10.7. The summed E-state index contributed by atoms with van der Waals surface area (Å²) in [4.78, 5) is 15.7. The summed E-state index contributed by atoms with van der Waals surface area (Å²) in [7, 11) is 0. The molecule has 0 atom stereocenters. The molecule has 2 N–H and O–H groups in total. The highest BCUT2D eigenvalue weighted by Crippen LogP contribution is 2.44. The Bertz CT molecular complexity index is 1150. The van der Waals surface area contributed by atoms with Crippen LogP contribution < -0.4 is 10.6 Å². The molecule has 0 amide bonds. The monoisotopic (exact) mass is 426 g/mol. The number of rotatable bonds is 1. The van der Waals surface area contributed by atoms with Crippen molar-refractivity contribution in [2.45, 2.75) is 19.6 Å². The van der Waals surface area contributed by atoms with Gasteiger partial charge in [-0.3, -0.25) is 4.79 Å². The molecule has 4 aromatic carbocycles. The second kappa shape index (κ2) is 8.30. The lowest BCUT2D eigenvalue weighted by Gasteiger charge is -2.20. The number of carbonyl (C=O) groups excluding carboxylic acids is 1. The molecule has 0 bridgehead atoms. The van der Waals surface area contributed by atoms with Gasteiger partial charge in [0.2, 0.25) is 0 Å². The standard InChI is InChI=1S/C13H9NOS.C12H9NS/c15-8-9-5-6-13-11(7-9)14-10-3-1-2-4-12(10)16-13;1-3-7-11-9(5-1)13-10-6-2-4-8-12(10)14-11/h1-8,14H;1-8,13H. The second-order valence-electron chi connectivity index (χ2n) is 6.82. The number of para-hydroxylation sites is 3. The van der Waals surface area contributed by atoms with Crippen LogP contribution in [0.25, 0.3) is 0 Å². The van der Waals surface area contributed by atoms with Crippen LogP contribution in [0.1, 0.15) is 10.4 Å². The van der Waals surface area contributed by atoms with Crippen LogP contribution in [-0.2, 0) is 0 Å². The van der Waals surface area contributed by atoms with Crippen molar-refractivity contribution in [1.82, 2.24) is 0 Å². The first-order chi connectivity index (χ1) is 14.8. The van der Waals surface area contributed by atoms with Gasteiger partial charge in [-0.1, -0.05) is 66.0 Å². The molecule has 6 rings (SSSR count). The number of fused-ring (bicyclic) bond motifs is 4. The zero-order valence-corrected chi connectivity index (χ0v) is 17.6. The maximum Gasteiger partial charge on any atom is 0.150 e. The third-order valence-electron chi connectivity index (χ3n) is 4.78. The fourth-order valence-electron chi connectivity index (χ4n) is 3.31. The Labute approximate surface area is 183 Å². The van der Waals surface area contributed by atoms with E-state index in [0.717, 1.165) is 22.6 Å². The Morgan fingerprint density at radius 1 is 0.533 bits per heavy atom. The van der Waals surface area contributed by atoms with Crippen molar-refractivity contribution in [3.8, 4) is 0 Å². The molecule has 0 spiro atoms. The zero-order chi connectivity index (χ0) is 20.3. The minimum atomic E-state index is 0.700. The van der Waals surface area contributed by atoms with E-state index < -0.39 is 0 Å². The van der Waals surface area contributed by atoms with Crippen molar-refractivity contribution < 1.29 is 4.79 Å². The molecule has 2 aliphatic rings. The van der Waals surface area contributed by atoms with E-state index in [9.17, 15) is 4.79 Å². The summed E-state index contributed by atoms with van der Waals surface area (Å²) in [5.74, 6) is 0. The van der Waals surface area contributed by atoms with Crippen LogP contribution in [0.5, 0.6) is 0 Å². The molecule has 0 unspecified atom stereocenters. The largest absolute Gasteiger partial charge is 0.354 e. The first-order valence-corrected chi connectivity index (χ1v) is 11.2. The molecule has 5 heteroatoms. The fourth-order valence-corrected chi connectivity index (χ4v) is 5.27. The normalized spacial score (nSPS) is 12.4. The third kappa shape index (κ3) is 3.82. The van der Waals surface area contributed by atoms with Gasteiger partial charge in [0.1, 0.15) is 6.29 Å². The quantitative estimate of drug-likeness (QED) is 0.265. The lowest BCUT2D eigenvalue weighted by atomic mass is 10.2. The van der Waals surface area contributed by atoms with E-state index >= 15 is 0 Å². The smallest absolute Gasteiger partial charge is 0.150 e. The summed E-state index contributed by atoms with van der Waals surface area (Å²) >= 11 is 3.54. The first-order valence-electron chi connectivity index (χ1n) is 9.56. The van der Waals surface area contributed by atoms with Crippen LogP contribution in [-0.4, -0.2) is 6.29 Å². The molecule has 2 aliphatic heterocycles. The van der Waals surface area contributed by atoms with Gasteiger partial charge >= 0.3 is 0 Å². The SMILES string of the molecule is O=Cc1ccc2c(c1)Nc1ccccc1S2.c1ccc2c(c1)Nc1ccccc1S2. The number of carbonyl (C=O) groups is 1. The molecule has 0 aliphatic carbocycles. The van der Waals surface area contributed by atoms with Crippen molar-refractivity contribution in [1.29, 1.82) is 0 Å². The van der Waals surface area contributed by atoms with Crippen molar-refractivity contribution >= 4 is 52.6 Å². The summed E-state index contributed by atoms with van der Waals surface area (Å²) < 4.78 is 0. The molecule has 0 aromatic heterocycles. The minimum absolute atomic E-state index is 0.700. The van der Waals surface area contributed by atoms with Crippen molar-refractivity contribution in [3.05, 3.63) is 96.6 Å². The molecular weight excluding hydrogens is 408 g/mol. The number of aldehydes is 1. The van der Waals surface area contributed by atoms with Gasteiger partial charge < -0.3 is 10.6 Å². The Kier molecular flexibility index (Phi) is 5.22. The summed E-state index contributed by atoms with van der Waals surface area (Å²) in [5.41, 5.74) is 5.22. The summed E-state index contributed by atoms with van der Waals surface area (Å²) in [6.07, 6.45) is 0.868. The van der Waals surface area contributed by atoms with Crippen molar-refractivity contribution in [2.24, 2.45) is 0 Å². The lowest BCUT2D eigenvalue weighted by molar-refractivity contribution is 0.112. The van der Waals surface area contributed by atoms with Crippen molar-refractivity contribution in [3.63, 3.8) is 0 Å².